The molecule has 0 saturated carbocycles. The zero-order valence-electron chi connectivity index (χ0n) is 22.6. The number of ether oxygens (including phenoxy) is 4. The monoisotopic (exact) mass is 528 g/mol. The quantitative estimate of drug-likeness (QED) is 0.494. The molecule has 0 aromatic heterocycles. The number of amides is 1. The third-order valence-corrected chi connectivity index (χ3v) is 7.15. The van der Waals surface area contributed by atoms with Crippen molar-refractivity contribution in [1.29, 1.82) is 0 Å². The van der Waals surface area contributed by atoms with E-state index in [1.165, 1.54) is 0 Å². The van der Waals surface area contributed by atoms with E-state index in [9.17, 15) is 4.79 Å². The average Bonchev–Trinajstić information content (AvgIpc) is 3.16. The lowest BCUT2D eigenvalue weighted by molar-refractivity contribution is -0.131. The van der Waals surface area contributed by atoms with E-state index in [-0.39, 0.29) is 18.3 Å². The lowest BCUT2D eigenvalue weighted by Crippen LogP contribution is -2.47. The molecular formula is C29H37ClN2O5. The number of fused-ring (bicyclic) bond motifs is 1. The summed E-state index contributed by atoms with van der Waals surface area (Å²) in [6.45, 7) is 5.48. The van der Waals surface area contributed by atoms with Crippen molar-refractivity contribution in [3.05, 3.63) is 58.7 Å². The fourth-order valence-corrected chi connectivity index (χ4v) is 4.98. The molecular weight excluding hydrogens is 492 g/mol. The summed E-state index contributed by atoms with van der Waals surface area (Å²) in [5, 5.41) is 0. The molecule has 0 radical (unpaired) electrons. The highest BCUT2D eigenvalue weighted by Crippen LogP contribution is 2.45. The third-order valence-electron chi connectivity index (χ3n) is 7.15. The molecule has 0 atom stereocenters. The Morgan fingerprint density at radius 2 is 1.54 bits per heavy atom. The van der Waals surface area contributed by atoms with E-state index >= 15 is 0 Å². The van der Waals surface area contributed by atoms with Gasteiger partial charge >= 0.3 is 0 Å². The van der Waals surface area contributed by atoms with Crippen molar-refractivity contribution in [2.24, 2.45) is 0 Å². The number of benzene rings is 2. The highest BCUT2D eigenvalue weighted by atomic mass is 35.5. The van der Waals surface area contributed by atoms with E-state index in [0.29, 0.717) is 30.1 Å². The van der Waals surface area contributed by atoms with Crippen LogP contribution in [0.1, 0.15) is 30.0 Å². The molecule has 7 nitrogen and oxygen atoms in total. The van der Waals surface area contributed by atoms with Crippen LogP contribution in [-0.2, 0) is 11.2 Å². The number of carbonyl (C=O) groups is 1. The van der Waals surface area contributed by atoms with Gasteiger partial charge in [0, 0.05) is 26.2 Å². The molecule has 0 spiro atoms. The molecule has 1 saturated heterocycles. The summed E-state index contributed by atoms with van der Waals surface area (Å²) in [4.78, 5) is 17.5. The first-order chi connectivity index (χ1) is 17.4. The van der Waals surface area contributed by atoms with Gasteiger partial charge in [-0.1, -0.05) is 12.1 Å². The summed E-state index contributed by atoms with van der Waals surface area (Å²) in [6.07, 6.45) is 3.28. The number of halogens is 1. The molecule has 200 valence electrons. The summed E-state index contributed by atoms with van der Waals surface area (Å²) in [6, 6.07) is 10.1. The third kappa shape index (κ3) is 5.89. The number of nitrogens with zero attached hydrogens (tertiary/aromatic N) is 2. The summed E-state index contributed by atoms with van der Waals surface area (Å²) in [5.74, 6) is 2.81. The number of piperazine rings is 1. The maximum Gasteiger partial charge on any atom is 0.227 e. The standard InChI is InChI=1S/C29H36N2O5.ClH/c1-19-22(9-7-20-15-26(34-4)29(36-6)27(16-20)35-5)23-10-8-21(33-3)17-25(23)24(19)18-28(32)31-13-11-30(2)12-14-31;/h8-10,15-17H,7,11-14,18H2,1-6H3;1H/b22-9-;. The molecule has 8 heteroatoms. The minimum absolute atomic E-state index is 0. The van der Waals surface area contributed by atoms with Crippen molar-refractivity contribution in [2.75, 3.05) is 61.7 Å². The Labute approximate surface area is 226 Å². The van der Waals surface area contributed by atoms with Crippen molar-refractivity contribution < 1.29 is 23.7 Å². The normalized spacial score (nSPS) is 16.4. The number of methoxy groups -OCH3 is 4. The maximum atomic E-state index is 13.2. The summed E-state index contributed by atoms with van der Waals surface area (Å²) in [7, 11) is 8.61. The Morgan fingerprint density at radius 3 is 2.11 bits per heavy atom. The van der Waals surface area contributed by atoms with Crippen LogP contribution in [0.5, 0.6) is 23.0 Å². The topological polar surface area (TPSA) is 60.5 Å². The van der Waals surface area contributed by atoms with Gasteiger partial charge in [0.15, 0.2) is 11.5 Å². The van der Waals surface area contributed by atoms with Gasteiger partial charge in [0.1, 0.15) is 5.75 Å². The van der Waals surface area contributed by atoms with Gasteiger partial charge < -0.3 is 28.7 Å². The van der Waals surface area contributed by atoms with Gasteiger partial charge in [0.2, 0.25) is 11.7 Å². The Kier molecular flexibility index (Phi) is 9.51. The largest absolute Gasteiger partial charge is 0.497 e. The van der Waals surface area contributed by atoms with Gasteiger partial charge in [-0.3, -0.25) is 4.79 Å². The van der Waals surface area contributed by atoms with Crippen LogP contribution in [0.15, 0.2) is 42.0 Å². The van der Waals surface area contributed by atoms with Crippen molar-refractivity contribution in [3.8, 4) is 23.0 Å². The average molecular weight is 529 g/mol. The van der Waals surface area contributed by atoms with Gasteiger partial charge in [-0.15, -0.1) is 12.4 Å². The van der Waals surface area contributed by atoms with Crippen LogP contribution in [0.25, 0.3) is 11.1 Å². The molecule has 0 N–H and O–H groups in total. The Morgan fingerprint density at radius 1 is 0.892 bits per heavy atom. The van der Waals surface area contributed by atoms with Gasteiger partial charge in [0.25, 0.3) is 0 Å². The predicted octanol–water partition coefficient (Wildman–Crippen LogP) is 4.72. The van der Waals surface area contributed by atoms with Crippen LogP contribution in [0.4, 0.5) is 0 Å². The molecule has 1 amide bonds. The highest BCUT2D eigenvalue weighted by Gasteiger charge is 2.28. The first kappa shape index (κ1) is 28.4. The van der Waals surface area contributed by atoms with Gasteiger partial charge in [-0.25, -0.2) is 0 Å². The molecule has 1 aliphatic heterocycles. The first-order valence-electron chi connectivity index (χ1n) is 12.2. The van der Waals surface area contributed by atoms with Gasteiger partial charge in [-0.05, 0) is 78.1 Å². The second kappa shape index (κ2) is 12.4. The van der Waals surface area contributed by atoms with Gasteiger partial charge in [0.05, 0.1) is 34.9 Å². The molecule has 0 unspecified atom stereocenters. The fraction of sp³-hybridized carbons (Fsp3) is 0.414. The summed E-state index contributed by atoms with van der Waals surface area (Å²) >= 11 is 0. The predicted molar refractivity (Wildman–Crippen MR) is 149 cm³/mol. The Bertz CT molecular complexity index is 1170. The van der Waals surface area contributed by atoms with Crippen molar-refractivity contribution >= 4 is 29.5 Å². The second-order valence-corrected chi connectivity index (χ2v) is 9.23. The molecule has 2 aliphatic rings. The smallest absolute Gasteiger partial charge is 0.227 e. The first-order valence-corrected chi connectivity index (χ1v) is 12.2. The minimum atomic E-state index is 0. The molecule has 1 aliphatic carbocycles. The highest BCUT2D eigenvalue weighted by molar-refractivity contribution is 6.04. The number of hydrogen-bond acceptors (Lipinski definition) is 6. The number of allylic oxidation sites excluding steroid dienone is 3. The van der Waals surface area contributed by atoms with Crippen molar-refractivity contribution in [1.82, 2.24) is 9.80 Å². The number of likely N-dealkylation sites (N-methyl/N-ethyl adjacent to an activating group) is 1. The van der Waals surface area contributed by atoms with E-state index in [2.05, 4.69) is 31.0 Å². The van der Waals surface area contributed by atoms with E-state index in [4.69, 9.17) is 18.9 Å². The molecule has 0 bridgehead atoms. The van der Waals surface area contributed by atoms with Crippen LogP contribution >= 0.6 is 12.4 Å². The fourth-order valence-electron chi connectivity index (χ4n) is 4.98. The van der Waals surface area contributed by atoms with E-state index in [1.807, 2.05) is 29.2 Å². The van der Waals surface area contributed by atoms with E-state index in [0.717, 1.165) is 65.3 Å². The van der Waals surface area contributed by atoms with E-state index < -0.39 is 0 Å². The van der Waals surface area contributed by atoms with E-state index in [1.54, 1.807) is 28.4 Å². The SMILES string of the molecule is COc1ccc2c(c1)C(CC(=O)N1CCN(C)CC1)=C(C)/C2=C/Cc1cc(OC)c(OC)c(OC)c1.Cl. The van der Waals surface area contributed by atoms with Crippen molar-refractivity contribution in [3.63, 3.8) is 0 Å². The Hall–Kier alpha value is -3.16. The van der Waals surface area contributed by atoms with Crippen LogP contribution in [0.2, 0.25) is 0 Å². The van der Waals surface area contributed by atoms with Gasteiger partial charge in [-0.2, -0.15) is 0 Å². The second-order valence-electron chi connectivity index (χ2n) is 9.23. The lowest BCUT2D eigenvalue weighted by atomic mass is 10.00. The number of hydrogen-bond donors (Lipinski definition) is 0. The zero-order valence-corrected chi connectivity index (χ0v) is 23.4. The molecule has 2 aromatic rings. The molecule has 1 fully saturated rings. The maximum absolute atomic E-state index is 13.2. The molecule has 2 aromatic carbocycles. The molecule has 1 heterocycles. The zero-order chi connectivity index (χ0) is 25.8. The molecule has 37 heavy (non-hydrogen) atoms. The number of carbonyl (C=O) groups excluding carboxylic acids is 1. The summed E-state index contributed by atoms with van der Waals surface area (Å²) < 4.78 is 22.0. The van der Waals surface area contributed by atoms with Crippen LogP contribution in [0, 0.1) is 0 Å². The van der Waals surface area contributed by atoms with Crippen LogP contribution in [-0.4, -0.2) is 77.4 Å². The van der Waals surface area contributed by atoms with Crippen LogP contribution < -0.4 is 18.9 Å². The lowest BCUT2D eigenvalue weighted by Gasteiger charge is -2.32. The Balaban J connectivity index is 0.00000380. The summed E-state index contributed by atoms with van der Waals surface area (Å²) in [5.41, 5.74) is 6.59. The van der Waals surface area contributed by atoms with Crippen molar-refractivity contribution in [2.45, 2.75) is 19.8 Å². The minimum Gasteiger partial charge on any atom is -0.497 e. The molecule has 4 rings (SSSR count). The number of rotatable bonds is 8. The van der Waals surface area contributed by atoms with Crippen LogP contribution in [0.3, 0.4) is 0 Å².